The van der Waals surface area contributed by atoms with Crippen molar-refractivity contribution in [1.82, 2.24) is 20.2 Å². The minimum Gasteiger partial charge on any atom is -0.360 e. The Hall–Kier alpha value is -3.48. The van der Waals surface area contributed by atoms with Crippen LogP contribution in [0.25, 0.3) is 32.6 Å². The zero-order valence-corrected chi connectivity index (χ0v) is 31.1. The van der Waals surface area contributed by atoms with Gasteiger partial charge in [0.15, 0.2) is 5.13 Å². The molecule has 2 N–H and O–H groups in total. The van der Waals surface area contributed by atoms with E-state index in [1.165, 1.54) is 0 Å². The highest BCUT2D eigenvalue weighted by Gasteiger charge is 2.51. The average Bonchev–Trinajstić information content (AvgIpc) is 4.00. The Morgan fingerprint density at radius 2 is 1.71 bits per heavy atom. The molecule has 5 aromatic rings. The summed E-state index contributed by atoms with van der Waals surface area (Å²) >= 11 is 14.8. The molecule has 0 spiro atoms. The molecule has 264 valence electrons. The van der Waals surface area contributed by atoms with Crippen molar-refractivity contribution in [3.63, 3.8) is 0 Å². The SMILES string of the molecule is CC1(S(=O)(=O)NC(=O)c2cc3sc(N4C5CCC4CC(NCc4c(-c6c(Cl)cccc6Cl)noc4C4CC4)C5)nc3cc2-c2ccccc2)CC1. The lowest BCUT2D eigenvalue weighted by Crippen LogP contribution is -2.49. The number of piperidine rings is 1. The van der Waals surface area contributed by atoms with Crippen LogP contribution in [0, 0.1) is 0 Å². The monoisotopic (exact) mass is 761 g/mol. The molecular formula is C38H37Cl2N5O4S2. The molecule has 51 heavy (non-hydrogen) atoms. The third-order valence-corrected chi connectivity index (χ3v) is 15.0. The number of hydrogen-bond acceptors (Lipinski definition) is 9. The van der Waals surface area contributed by atoms with E-state index in [0.717, 1.165) is 76.5 Å². The molecule has 2 bridgehead atoms. The van der Waals surface area contributed by atoms with E-state index in [2.05, 4.69) is 20.1 Å². The first kappa shape index (κ1) is 33.4. The number of rotatable bonds is 10. The van der Waals surface area contributed by atoms with E-state index in [9.17, 15) is 13.2 Å². The summed E-state index contributed by atoms with van der Waals surface area (Å²) in [4.78, 5) is 21.2. The van der Waals surface area contributed by atoms with E-state index in [1.54, 1.807) is 18.3 Å². The number of benzene rings is 3. The van der Waals surface area contributed by atoms with E-state index in [-0.39, 0.29) is 0 Å². The Labute approximate surface area is 310 Å². The van der Waals surface area contributed by atoms with Gasteiger partial charge in [-0.2, -0.15) is 0 Å². The van der Waals surface area contributed by atoms with Crippen LogP contribution in [0.1, 0.15) is 85.9 Å². The summed E-state index contributed by atoms with van der Waals surface area (Å²) in [5, 5.41) is 10.4. The first-order valence-corrected chi connectivity index (χ1v) is 20.7. The van der Waals surface area contributed by atoms with Crippen molar-refractivity contribution in [3.8, 4) is 22.4 Å². The fraction of sp³-hybridized carbons (Fsp3) is 0.395. The second kappa shape index (κ2) is 12.6. The number of anilines is 1. The van der Waals surface area contributed by atoms with Crippen molar-refractivity contribution in [2.24, 2.45) is 0 Å². The summed E-state index contributed by atoms with van der Waals surface area (Å²) < 4.78 is 34.3. The molecule has 2 atom stereocenters. The van der Waals surface area contributed by atoms with Crippen LogP contribution in [-0.2, 0) is 16.6 Å². The van der Waals surface area contributed by atoms with Gasteiger partial charge in [0.2, 0.25) is 10.0 Å². The van der Waals surface area contributed by atoms with Crippen LogP contribution in [0.2, 0.25) is 10.0 Å². The van der Waals surface area contributed by atoms with Crippen molar-refractivity contribution >= 4 is 65.8 Å². The van der Waals surface area contributed by atoms with Gasteiger partial charge in [-0.05, 0) is 93.7 Å². The van der Waals surface area contributed by atoms with Gasteiger partial charge in [-0.25, -0.2) is 18.1 Å². The van der Waals surface area contributed by atoms with Gasteiger partial charge < -0.3 is 14.7 Å². The molecule has 0 radical (unpaired) electrons. The van der Waals surface area contributed by atoms with Gasteiger partial charge >= 0.3 is 0 Å². The van der Waals surface area contributed by atoms with Crippen LogP contribution >= 0.6 is 34.5 Å². The van der Waals surface area contributed by atoms with Gasteiger partial charge in [0.25, 0.3) is 5.91 Å². The van der Waals surface area contributed by atoms with Crippen LogP contribution in [0.15, 0.2) is 65.2 Å². The number of amides is 1. The van der Waals surface area contributed by atoms with Gasteiger partial charge in [0.1, 0.15) is 11.5 Å². The van der Waals surface area contributed by atoms with E-state index in [0.29, 0.717) is 70.2 Å². The zero-order chi connectivity index (χ0) is 35.1. The van der Waals surface area contributed by atoms with Crippen LogP contribution < -0.4 is 14.9 Å². The molecule has 2 aliphatic heterocycles. The molecule has 9 nitrogen and oxygen atoms in total. The fourth-order valence-corrected chi connectivity index (χ4v) is 10.8. The van der Waals surface area contributed by atoms with Crippen molar-refractivity contribution in [2.75, 3.05) is 4.90 Å². The highest BCUT2D eigenvalue weighted by atomic mass is 35.5. The first-order chi connectivity index (χ1) is 24.6. The molecule has 2 unspecified atom stereocenters. The molecule has 9 rings (SSSR count). The minimum absolute atomic E-state index is 0.305. The molecular weight excluding hydrogens is 725 g/mol. The predicted octanol–water partition coefficient (Wildman–Crippen LogP) is 8.70. The van der Waals surface area contributed by atoms with Crippen LogP contribution in [0.3, 0.4) is 0 Å². The molecule has 3 aromatic carbocycles. The number of halogens is 2. The summed E-state index contributed by atoms with van der Waals surface area (Å²) in [6.45, 7) is 2.31. The summed E-state index contributed by atoms with van der Waals surface area (Å²) in [6, 6.07) is 19.8. The Morgan fingerprint density at radius 1 is 1.00 bits per heavy atom. The van der Waals surface area contributed by atoms with E-state index < -0.39 is 20.7 Å². The number of nitrogens with zero attached hydrogens (tertiary/aromatic N) is 3. The topological polar surface area (TPSA) is 117 Å². The molecule has 4 fully saturated rings. The molecule has 2 saturated carbocycles. The summed E-state index contributed by atoms with van der Waals surface area (Å²) in [6.07, 6.45) is 7.40. The molecule has 1 amide bonds. The third kappa shape index (κ3) is 6.04. The fourth-order valence-electron chi connectivity index (χ4n) is 7.84. The van der Waals surface area contributed by atoms with E-state index in [1.807, 2.05) is 60.7 Å². The number of carbonyl (C=O) groups is 1. The number of sulfonamides is 1. The zero-order valence-electron chi connectivity index (χ0n) is 28.0. The molecule has 4 aliphatic rings. The normalized spacial score (nSPS) is 22.4. The molecule has 13 heteroatoms. The lowest BCUT2D eigenvalue weighted by Gasteiger charge is -2.39. The second-order valence-corrected chi connectivity index (χ2v) is 18.7. The first-order valence-electron chi connectivity index (χ1n) is 17.6. The van der Waals surface area contributed by atoms with Gasteiger partial charge in [0, 0.05) is 47.3 Å². The highest BCUT2D eigenvalue weighted by molar-refractivity contribution is 7.91. The Bertz CT molecular complexity index is 2250. The van der Waals surface area contributed by atoms with Crippen molar-refractivity contribution in [2.45, 2.75) is 93.6 Å². The number of thiazole rings is 1. The second-order valence-electron chi connectivity index (χ2n) is 14.7. The molecule has 2 aromatic heterocycles. The smallest absolute Gasteiger partial charge is 0.265 e. The maximum Gasteiger partial charge on any atom is 0.265 e. The maximum absolute atomic E-state index is 13.6. The Balaban J connectivity index is 0.968. The van der Waals surface area contributed by atoms with Crippen LogP contribution in [-0.4, -0.2) is 47.3 Å². The number of hydrogen-bond donors (Lipinski definition) is 2. The summed E-state index contributed by atoms with van der Waals surface area (Å²) in [5.74, 6) is 0.718. The lowest BCUT2D eigenvalue weighted by atomic mass is 9.97. The maximum atomic E-state index is 13.6. The largest absolute Gasteiger partial charge is 0.360 e. The summed E-state index contributed by atoms with van der Waals surface area (Å²) in [5.41, 5.74) is 5.11. The predicted molar refractivity (Wildman–Crippen MR) is 202 cm³/mol. The van der Waals surface area contributed by atoms with Gasteiger partial charge in [0.05, 0.1) is 25.0 Å². The summed E-state index contributed by atoms with van der Waals surface area (Å²) in [7, 11) is -3.80. The Morgan fingerprint density at radius 3 is 2.37 bits per heavy atom. The van der Waals surface area contributed by atoms with E-state index >= 15 is 0 Å². The minimum atomic E-state index is -3.80. The van der Waals surface area contributed by atoms with Crippen LogP contribution in [0.5, 0.6) is 0 Å². The van der Waals surface area contributed by atoms with Crippen LogP contribution in [0.4, 0.5) is 5.13 Å². The van der Waals surface area contributed by atoms with E-state index in [4.69, 9.17) is 32.7 Å². The van der Waals surface area contributed by atoms with Crippen molar-refractivity contribution in [3.05, 3.63) is 87.6 Å². The molecule has 2 saturated heterocycles. The quantitative estimate of drug-likeness (QED) is 0.145. The number of fused-ring (bicyclic) bond motifs is 3. The highest BCUT2D eigenvalue weighted by Crippen LogP contribution is 2.47. The number of aromatic nitrogens is 2. The third-order valence-electron chi connectivity index (χ3n) is 11.2. The molecule has 4 heterocycles. The average molecular weight is 763 g/mol. The lowest BCUT2D eigenvalue weighted by molar-refractivity contribution is 0.0981. The standard InChI is InChI=1S/C38H37Cl2N5O4S2/c1-38(14-15-38)51(47,48)44-36(46)27-19-32-31(18-26(27)21-6-3-2-4-7-21)42-37(50-32)45-24-12-13-25(45)17-23(16-24)41-20-28-34(43-49-35(28)22-10-11-22)33-29(39)8-5-9-30(33)40/h2-9,18-19,22-25,41H,10-17,20H2,1H3,(H,44,46). The van der Waals surface area contributed by atoms with Gasteiger partial charge in [-0.15, -0.1) is 0 Å². The number of carbonyl (C=O) groups excluding carboxylic acids is 1. The van der Waals surface area contributed by atoms with Gasteiger partial charge in [-0.1, -0.05) is 76.1 Å². The molecule has 2 aliphatic carbocycles. The van der Waals surface area contributed by atoms with Crippen molar-refractivity contribution < 1.29 is 17.7 Å². The number of nitrogens with one attached hydrogen (secondary N) is 2. The van der Waals surface area contributed by atoms with Gasteiger partial charge in [-0.3, -0.25) is 4.79 Å². The van der Waals surface area contributed by atoms with Crippen molar-refractivity contribution in [1.29, 1.82) is 0 Å². The Kier molecular flexibility index (Phi) is 8.23.